The van der Waals surface area contributed by atoms with E-state index in [-0.39, 0.29) is 5.82 Å². The Hall–Kier alpha value is -9.54. The molecule has 2 aromatic heterocycles. The smallest absolute Gasteiger partial charge is 0.164 e. The lowest BCUT2D eigenvalue weighted by Crippen LogP contribution is -2.02. The van der Waals surface area contributed by atoms with E-state index in [1.165, 1.54) is 12.1 Å². The topological polar surface area (TPSA) is 139 Å². The van der Waals surface area contributed by atoms with Crippen LogP contribution in [0.4, 0.5) is 4.39 Å². The molecule has 0 N–H and O–H groups in total. The Balaban J connectivity index is 1.25. The van der Waals surface area contributed by atoms with Gasteiger partial charge in [-0.2, -0.15) is 21.0 Å². The summed E-state index contributed by atoms with van der Waals surface area (Å²) < 4.78 is 17.1. The highest BCUT2D eigenvalue weighted by molar-refractivity contribution is 6.12. The summed E-state index contributed by atoms with van der Waals surface area (Å²) >= 11 is 0. The molecule has 0 fully saturated rings. The normalized spacial score (nSPS) is 10.8. The van der Waals surface area contributed by atoms with Crippen LogP contribution in [-0.4, -0.2) is 19.5 Å². The van der Waals surface area contributed by atoms with E-state index in [1.807, 2.05) is 121 Å². The molecule has 296 valence electrons. The number of fused-ring (bicyclic) bond motifs is 3. The molecule has 8 nitrogen and oxygen atoms in total. The predicted octanol–water partition coefficient (Wildman–Crippen LogP) is 12.6. The first-order valence-electron chi connectivity index (χ1n) is 20.2. The summed E-state index contributed by atoms with van der Waals surface area (Å²) in [5.74, 6) is 0.987. The monoisotopic (exact) mass is 820 g/mol. The van der Waals surface area contributed by atoms with Gasteiger partial charge in [-0.1, -0.05) is 91.0 Å². The summed E-state index contributed by atoms with van der Waals surface area (Å²) in [6.07, 6.45) is 0. The highest BCUT2D eigenvalue weighted by Gasteiger charge is 2.21. The van der Waals surface area contributed by atoms with E-state index in [0.29, 0.717) is 56.4 Å². The van der Waals surface area contributed by atoms with Crippen LogP contribution < -0.4 is 0 Å². The van der Waals surface area contributed by atoms with Gasteiger partial charge in [0.15, 0.2) is 17.5 Å². The van der Waals surface area contributed by atoms with Crippen molar-refractivity contribution in [3.8, 4) is 97.5 Å². The fourth-order valence-corrected chi connectivity index (χ4v) is 8.20. The highest BCUT2D eigenvalue weighted by atomic mass is 19.1. The number of benzene rings is 8. The SMILES string of the molecule is N#Cc1cc(C#N)cc(-c2ccc3c(c2)c2cc(-c4cc(C#N)cc(C#N)c4)ccc2n3-c2ccc(-c3cccc(F)c3)c(-c3nc(-c4ccccc4)nc(-c4ccccc4)n3)c2)c1. The molecular weight excluding hydrogens is 792 g/mol. The van der Waals surface area contributed by atoms with Gasteiger partial charge in [0.2, 0.25) is 0 Å². The molecule has 0 aliphatic carbocycles. The second-order valence-electron chi connectivity index (χ2n) is 15.1. The van der Waals surface area contributed by atoms with Crippen molar-refractivity contribution in [2.75, 3.05) is 0 Å². The van der Waals surface area contributed by atoms with Gasteiger partial charge in [-0.15, -0.1) is 0 Å². The van der Waals surface area contributed by atoms with Gasteiger partial charge in [-0.25, -0.2) is 19.3 Å². The van der Waals surface area contributed by atoms with E-state index in [9.17, 15) is 25.4 Å². The zero-order chi connectivity index (χ0) is 43.7. The van der Waals surface area contributed by atoms with Crippen molar-refractivity contribution in [3.05, 3.63) is 204 Å². The summed E-state index contributed by atoms with van der Waals surface area (Å²) in [6, 6.07) is 62.8. The molecule has 2 heterocycles. The van der Waals surface area contributed by atoms with E-state index in [0.717, 1.165) is 60.9 Å². The van der Waals surface area contributed by atoms with Gasteiger partial charge in [-0.3, -0.25) is 0 Å². The van der Waals surface area contributed by atoms with Crippen LogP contribution in [0.15, 0.2) is 176 Å². The molecular formula is C55H29FN8. The van der Waals surface area contributed by atoms with Crippen LogP contribution in [0, 0.1) is 51.1 Å². The van der Waals surface area contributed by atoms with Crippen molar-refractivity contribution < 1.29 is 4.39 Å². The zero-order valence-corrected chi connectivity index (χ0v) is 33.7. The molecule has 0 bridgehead atoms. The van der Waals surface area contributed by atoms with Crippen LogP contribution in [0.25, 0.3) is 95.0 Å². The van der Waals surface area contributed by atoms with Crippen LogP contribution in [-0.2, 0) is 0 Å². The summed E-state index contributed by atoms with van der Waals surface area (Å²) in [5.41, 5.74) is 10.7. The maximum atomic E-state index is 15.0. The summed E-state index contributed by atoms with van der Waals surface area (Å²) in [6.45, 7) is 0. The van der Waals surface area contributed by atoms with Gasteiger partial charge in [-0.05, 0) is 118 Å². The number of aromatic nitrogens is 4. The van der Waals surface area contributed by atoms with Crippen LogP contribution in [0.3, 0.4) is 0 Å². The molecule has 0 radical (unpaired) electrons. The van der Waals surface area contributed by atoms with E-state index >= 15 is 0 Å². The Morgan fingerprint density at radius 2 is 0.828 bits per heavy atom. The number of nitrogens with zero attached hydrogens (tertiary/aromatic N) is 8. The molecule has 0 unspecified atom stereocenters. The molecule has 0 aliphatic heterocycles. The van der Waals surface area contributed by atoms with E-state index in [2.05, 4.69) is 28.8 Å². The molecule has 8 aromatic carbocycles. The molecule has 0 saturated heterocycles. The molecule has 0 atom stereocenters. The van der Waals surface area contributed by atoms with Crippen molar-refractivity contribution in [3.63, 3.8) is 0 Å². The predicted molar refractivity (Wildman–Crippen MR) is 246 cm³/mol. The van der Waals surface area contributed by atoms with Gasteiger partial charge in [0, 0.05) is 33.2 Å². The average Bonchev–Trinajstić information content (AvgIpc) is 3.69. The zero-order valence-electron chi connectivity index (χ0n) is 33.7. The molecule has 64 heavy (non-hydrogen) atoms. The molecule has 0 aliphatic rings. The lowest BCUT2D eigenvalue weighted by Gasteiger charge is -2.16. The maximum absolute atomic E-state index is 15.0. The summed E-state index contributed by atoms with van der Waals surface area (Å²) in [7, 11) is 0. The largest absolute Gasteiger partial charge is 0.309 e. The van der Waals surface area contributed by atoms with E-state index in [1.54, 1.807) is 42.5 Å². The maximum Gasteiger partial charge on any atom is 0.164 e. The first kappa shape index (κ1) is 38.6. The van der Waals surface area contributed by atoms with Gasteiger partial charge >= 0.3 is 0 Å². The van der Waals surface area contributed by atoms with Crippen molar-refractivity contribution in [2.45, 2.75) is 0 Å². The first-order chi connectivity index (χ1) is 31.4. The average molecular weight is 821 g/mol. The van der Waals surface area contributed by atoms with Gasteiger partial charge in [0.05, 0.1) is 57.6 Å². The van der Waals surface area contributed by atoms with Crippen molar-refractivity contribution >= 4 is 21.8 Å². The van der Waals surface area contributed by atoms with Crippen LogP contribution >= 0.6 is 0 Å². The van der Waals surface area contributed by atoms with Crippen molar-refractivity contribution in [2.24, 2.45) is 0 Å². The molecule has 9 heteroatoms. The minimum absolute atomic E-state index is 0.375. The van der Waals surface area contributed by atoms with Gasteiger partial charge in [0.1, 0.15) is 5.82 Å². The number of halogens is 1. The quantitative estimate of drug-likeness (QED) is 0.156. The Bertz CT molecular complexity index is 3420. The van der Waals surface area contributed by atoms with E-state index in [4.69, 9.17) is 15.0 Å². The third-order valence-corrected chi connectivity index (χ3v) is 11.2. The number of rotatable bonds is 7. The molecule has 10 aromatic rings. The second-order valence-corrected chi connectivity index (χ2v) is 15.1. The minimum atomic E-state index is -0.378. The van der Waals surface area contributed by atoms with E-state index < -0.39 is 0 Å². The van der Waals surface area contributed by atoms with Crippen LogP contribution in [0.2, 0.25) is 0 Å². The molecule has 10 rings (SSSR count). The molecule has 0 amide bonds. The summed E-state index contributed by atoms with van der Waals surface area (Å²) in [5, 5.41) is 41.0. The lowest BCUT2D eigenvalue weighted by molar-refractivity contribution is 0.628. The van der Waals surface area contributed by atoms with Crippen LogP contribution in [0.5, 0.6) is 0 Å². The Kier molecular flexibility index (Phi) is 9.75. The standard InChI is InChI=1S/C55H29FN8/c56-45-13-7-12-42(26-45)47-17-16-46(29-50(47)55-62-53(38-8-3-1-4-9-38)61-54(63-55)39-10-5-2-6-11-39)64-51-18-14-40(43-22-34(30-57)20-35(23-43)31-58)27-48(51)49-28-41(15-19-52(49)64)44-24-36(32-59)21-37(25-44)33-60/h1-29H. The number of hydrogen-bond acceptors (Lipinski definition) is 7. The fourth-order valence-electron chi connectivity index (χ4n) is 8.20. The number of nitriles is 4. The molecule has 0 spiro atoms. The second kappa shape index (κ2) is 16.1. The van der Waals surface area contributed by atoms with Gasteiger partial charge < -0.3 is 4.57 Å². The third-order valence-electron chi connectivity index (χ3n) is 11.2. The minimum Gasteiger partial charge on any atom is -0.309 e. The number of hydrogen-bond donors (Lipinski definition) is 0. The lowest BCUT2D eigenvalue weighted by atomic mass is 9.97. The Morgan fingerprint density at radius 1 is 0.359 bits per heavy atom. The summed E-state index contributed by atoms with van der Waals surface area (Å²) in [4.78, 5) is 15.1. The fraction of sp³-hybridized carbons (Fsp3) is 0. The third kappa shape index (κ3) is 7.14. The first-order valence-corrected chi connectivity index (χ1v) is 20.2. The van der Waals surface area contributed by atoms with Crippen molar-refractivity contribution in [1.82, 2.24) is 19.5 Å². The highest BCUT2D eigenvalue weighted by Crippen LogP contribution is 2.40. The molecule has 0 saturated carbocycles. The van der Waals surface area contributed by atoms with Crippen LogP contribution in [0.1, 0.15) is 22.3 Å². The Labute approximate surface area is 366 Å². The van der Waals surface area contributed by atoms with Gasteiger partial charge in [0.25, 0.3) is 0 Å². The Morgan fingerprint density at radius 3 is 1.30 bits per heavy atom. The van der Waals surface area contributed by atoms with Crippen molar-refractivity contribution in [1.29, 1.82) is 21.0 Å².